The van der Waals surface area contributed by atoms with Gasteiger partial charge in [-0.25, -0.2) is 0 Å². The lowest BCUT2D eigenvalue weighted by molar-refractivity contribution is -0.135. The van der Waals surface area contributed by atoms with Crippen LogP contribution in [0.15, 0.2) is 0 Å². The summed E-state index contributed by atoms with van der Waals surface area (Å²) in [4.78, 5) is 13.1. The molecule has 1 aliphatic heterocycles. The van der Waals surface area contributed by atoms with Crippen molar-refractivity contribution in [3.63, 3.8) is 0 Å². The van der Waals surface area contributed by atoms with Crippen LogP contribution < -0.4 is 0 Å². The van der Waals surface area contributed by atoms with Crippen molar-refractivity contribution in [3.05, 3.63) is 0 Å². The highest BCUT2D eigenvalue weighted by Crippen LogP contribution is 2.62. The van der Waals surface area contributed by atoms with E-state index in [9.17, 15) is 4.79 Å². The number of rotatable bonds is 0. The smallest absolute Gasteiger partial charge is 0.142 e. The number of carbonyl (C=O) groups excluding carboxylic acids is 1. The van der Waals surface area contributed by atoms with Gasteiger partial charge < -0.3 is 4.74 Å². The number of carbonyl (C=O) groups is 1. The molecule has 0 aromatic rings. The first-order valence-electron chi connectivity index (χ1n) is 8.18. The molecule has 2 bridgehead atoms. The molecule has 2 heteroatoms. The van der Waals surface area contributed by atoms with Gasteiger partial charge in [-0.2, -0.15) is 0 Å². The number of epoxide rings is 1. The number of ether oxygens (including phenoxy) is 1. The Bertz CT molecular complexity index is 427. The summed E-state index contributed by atoms with van der Waals surface area (Å²) in [6.45, 7) is 6.77. The first kappa shape index (κ1) is 12.4. The van der Waals surface area contributed by atoms with E-state index in [1.807, 2.05) is 0 Å². The molecule has 4 rings (SSSR count). The monoisotopic (exact) mass is 262 g/mol. The van der Waals surface area contributed by atoms with E-state index in [2.05, 4.69) is 20.8 Å². The number of hydrogen-bond donors (Lipinski definition) is 0. The Kier molecular flexibility index (Phi) is 2.37. The predicted octanol–water partition coefficient (Wildman–Crippen LogP) is 3.59. The molecule has 0 N–H and O–H groups in total. The highest BCUT2D eigenvalue weighted by atomic mass is 16.6. The molecule has 2 nitrogen and oxygen atoms in total. The standard InChI is InChI=1S/C17H26O2/c1-10-12-5-4-6-13(12)14(18)16(2,3)11-7-8-17(9-11)15(10)19-17/h10-13,15H,4-9H2,1-3H3/t10-,11+,12-,13-,15-,17+/m1/s1. The highest BCUT2D eigenvalue weighted by Gasteiger charge is 2.66. The second-order valence-electron chi connectivity index (χ2n) is 8.19. The van der Waals surface area contributed by atoms with Gasteiger partial charge in [0.1, 0.15) is 5.78 Å². The molecule has 19 heavy (non-hydrogen) atoms. The first-order valence-corrected chi connectivity index (χ1v) is 8.18. The Morgan fingerprint density at radius 1 is 1.21 bits per heavy atom. The molecule has 0 aromatic carbocycles. The maximum atomic E-state index is 13.1. The minimum atomic E-state index is -0.128. The second kappa shape index (κ2) is 3.63. The zero-order valence-corrected chi connectivity index (χ0v) is 12.4. The molecular formula is C17H26O2. The maximum absolute atomic E-state index is 13.1. The van der Waals surface area contributed by atoms with Crippen LogP contribution in [0.4, 0.5) is 0 Å². The molecule has 0 radical (unpaired) electrons. The van der Waals surface area contributed by atoms with Crippen molar-refractivity contribution in [2.45, 2.75) is 71.0 Å². The van der Waals surface area contributed by atoms with E-state index in [4.69, 9.17) is 4.74 Å². The highest BCUT2D eigenvalue weighted by molar-refractivity contribution is 5.87. The van der Waals surface area contributed by atoms with Gasteiger partial charge >= 0.3 is 0 Å². The van der Waals surface area contributed by atoms with Crippen LogP contribution in [0, 0.1) is 29.1 Å². The van der Waals surface area contributed by atoms with Crippen molar-refractivity contribution < 1.29 is 9.53 Å². The van der Waals surface area contributed by atoms with Gasteiger partial charge in [-0.05, 0) is 49.9 Å². The third-order valence-electron chi connectivity index (χ3n) is 7.05. The van der Waals surface area contributed by atoms with Gasteiger partial charge in [-0.15, -0.1) is 0 Å². The molecule has 1 spiro atoms. The van der Waals surface area contributed by atoms with E-state index in [-0.39, 0.29) is 11.0 Å². The van der Waals surface area contributed by atoms with E-state index >= 15 is 0 Å². The largest absolute Gasteiger partial charge is 0.366 e. The van der Waals surface area contributed by atoms with Crippen LogP contribution in [0.1, 0.15) is 59.3 Å². The average molecular weight is 262 g/mol. The van der Waals surface area contributed by atoms with Gasteiger partial charge in [-0.3, -0.25) is 4.79 Å². The number of Topliss-reactive ketones (excluding diaryl/α,β-unsaturated/α-hetero) is 1. The summed E-state index contributed by atoms with van der Waals surface area (Å²) in [7, 11) is 0. The van der Waals surface area contributed by atoms with E-state index in [1.54, 1.807) is 0 Å². The SMILES string of the molecule is C[C@@H]1[C@H]2CCC[C@H]2C(=O)C(C)(C)[C@H]2CC[C@@]3(C2)O[C@H]13. The number of ketones is 1. The Hall–Kier alpha value is -0.370. The second-order valence-corrected chi connectivity index (χ2v) is 8.19. The summed E-state index contributed by atoms with van der Waals surface area (Å²) >= 11 is 0. The topological polar surface area (TPSA) is 29.6 Å². The predicted molar refractivity (Wildman–Crippen MR) is 73.7 cm³/mol. The Labute approximate surface area is 116 Å². The van der Waals surface area contributed by atoms with Crippen molar-refractivity contribution in [2.75, 3.05) is 0 Å². The first-order chi connectivity index (χ1) is 8.96. The zero-order chi connectivity index (χ0) is 13.4. The molecule has 1 heterocycles. The molecular weight excluding hydrogens is 236 g/mol. The summed E-state index contributed by atoms with van der Waals surface area (Å²) in [5, 5.41) is 0. The fraction of sp³-hybridized carbons (Fsp3) is 0.941. The third-order valence-corrected chi connectivity index (χ3v) is 7.05. The van der Waals surface area contributed by atoms with Gasteiger partial charge in [-0.1, -0.05) is 27.2 Å². The molecule has 0 amide bonds. The summed E-state index contributed by atoms with van der Waals surface area (Å²) in [6, 6.07) is 0. The van der Waals surface area contributed by atoms with Gasteiger partial charge in [0, 0.05) is 11.3 Å². The lowest BCUT2D eigenvalue weighted by Crippen LogP contribution is -2.39. The van der Waals surface area contributed by atoms with Gasteiger partial charge in [0.2, 0.25) is 0 Å². The van der Waals surface area contributed by atoms with Gasteiger partial charge in [0.15, 0.2) is 0 Å². The van der Waals surface area contributed by atoms with Crippen LogP contribution in [0.2, 0.25) is 0 Å². The van der Waals surface area contributed by atoms with Crippen LogP contribution in [0.3, 0.4) is 0 Å². The number of fused-ring (bicyclic) bond motifs is 2. The molecule has 3 aliphatic carbocycles. The van der Waals surface area contributed by atoms with E-state index in [1.165, 1.54) is 25.7 Å². The third kappa shape index (κ3) is 1.50. The maximum Gasteiger partial charge on any atom is 0.142 e. The van der Waals surface area contributed by atoms with Crippen LogP contribution in [0.5, 0.6) is 0 Å². The quantitative estimate of drug-likeness (QED) is 0.624. The summed E-state index contributed by atoms with van der Waals surface area (Å²) in [5.74, 6) is 2.63. The van der Waals surface area contributed by atoms with E-state index < -0.39 is 0 Å². The fourth-order valence-electron chi connectivity index (χ4n) is 5.67. The fourth-order valence-corrected chi connectivity index (χ4v) is 5.67. The van der Waals surface area contributed by atoms with Crippen LogP contribution in [-0.4, -0.2) is 17.5 Å². The van der Waals surface area contributed by atoms with Gasteiger partial charge in [0.25, 0.3) is 0 Å². The van der Waals surface area contributed by atoms with E-state index in [0.29, 0.717) is 35.6 Å². The molecule has 1 saturated heterocycles. The lowest BCUT2D eigenvalue weighted by Gasteiger charge is -2.35. The Morgan fingerprint density at radius 3 is 2.79 bits per heavy atom. The van der Waals surface area contributed by atoms with Crippen molar-refractivity contribution in [1.82, 2.24) is 0 Å². The average Bonchev–Trinajstić information content (AvgIpc) is 2.77. The molecule has 0 unspecified atom stereocenters. The Balaban J connectivity index is 1.76. The minimum absolute atomic E-state index is 0.128. The molecule has 0 aromatic heterocycles. The van der Waals surface area contributed by atoms with Crippen LogP contribution in [-0.2, 0) is 9.53 Å². The minimum Gasteiger partial charge on any atom is -0.366 e. The summed E-state index contributed by atoms with van der Waals surface area (Å²) in [6.07, 6.45) is 7.61. The summed E-state index contributed by atoms with van der Waals surface area (Å²) in [5.41, 5.74) is 0.0520. The molecule has 4 fully saturated rings. The van der Waals surface area contributed by atoms with Crippen molar-refractivity contribution in [2.24, 2.45) is 29.1 Å². The zero-order valence-electron chi connectivity index (χ0n) is 12.4. The molecule has 4 aliphatic rings. The van der Waals surface area contributed by atoms with E-state index in [0.717, 1.165) is 12.8 Å². The van der Waals surface area contributed by atoms with Crippen molar-refractivity contribution >= 4 is 5.78 Å². The molecule has 3 saturated carbocycles. The van der Waals surface area contributed by atoms with Gasteiger partial charge in [0.05, 0.1) is 11.7 Å². The Morgan fingerprint density at radius 2 is 2.00 bits per heavy atom. The van der Waals surface area contributed by atoms with Crippen molar-refractivity contribution in [1.29, 1.82) is 0 Å². The van der Waals surface area contributed by atoms with Crippen molar-refractivity contribution in [3.8, 4) is 0 Å². The van der Waals surface area contributed by atoms with Crippen LogP contribution in [0.25, 0.3) is 0 Å². The molecule has 6 atom stereocenters. The number of hydrogen-bond acceptors (Lipinski definition) is 2. The van der Waals surface area contributed by atoms with Crippen LogP contribution >= 0.6 is 0 Å². The normalized spacial score (nSPS) is 54.9. The summed E-state index contributed by atoms with van der Waals surface area (Å²) < 4.78 is 6.21. The lowest BCUT2D eigenvalue weighted by atomic mass is 9.68. The molecule has 106 valence electrons.